The van der Waals surface area contributed by atoms with Gasteiger partial charge >= 0.3 is 0 Å². The van der Waals surface area contributed by atoms with E-state index in [1.807, 2.05) is 0 Å². The maximum Gasteiger partial charge on any atom is 0 e. The van der Waals surface area contributed by atoms with Gasteiger partial charge in [0.15, 0.2) is 0 Å². The Morgan fingerprint density at radius 1 is 0.643 bits per heavy atom. The third-order valence-electron chi connectivity index (χ3n) is 2.53. The Hall–Kier alpha value is 0.830. The predicted molar refractivity (Wildman–Crippen MR) is 61.0 cm³/mol. The van der Waals surface area contributed by atoms with Gasteiger partial charge in [-0.05, 0) is 0 Å². The first-order chi connectivity index (χ1) is 6.41. The zero-order chi connectivity index (χ0) is 9.78. The Morgan fingerprint density at radius 2 is 1.00 bits per heavy atom. The number of nitrogens with one attached hydrogen (secondary N) is 1. The van der Waals surface area contributed by atoms with Crippen LogP contribution in [0.4, 0.5) is 0 Å². The monoisotopic (exact) mass is 364 g/mol. The molecule has 0 saturated heterocycles. The molecule has 0 saturated carbocycles. The smallest absolute Gasteiger partial charge is 0 e. The van der Waals surface area contributed by atoms with Gasteiger partial charge < -0.3 is 5.73 Å². The van der Waals surface area contributed by atoms with Crippen LogP contribution in [0.3, 0.4) is 0 Å². The molecule has 1 N–H and O–H groups in total. The molecule has 0 spiro atoms. The molecule has 0 heterocycles. The third-order valence-corrected chi connectivity index (χ3v) is 2.53. The Balaban J connectivity index is 0. The van der Waals surface area contributed by atoms with E-state index in [4.69, 9.17) is 5.73 Å². The van der Waals surface area contributed by atoms with Crippen LogP contribution >= 0.6 is 0 Å². The van der Waals surface area contributed by atoms with Crippen molar-refractivity contribution in [2.45, 2.75) is 71.1 Å². The summed E-state index contributed by atoms with van der Waals surface area (Å²) in [5.74, 6) is 0. The molecule has 0 atom stereocenters. The summed E-state index contributed by atoms with van der Waals surface area (Å²) in [7, 11) is 0. The van der Waals surface area contributed by atoms with E-state index < -0.39 is 0 Å². The minimum atomic E-state index is 0. The van der Waals surface area contributed by atoms with Crippen LogP contribution in [-0.4, -0.2) is 6.54 Å². The molecule has 0 bridgehead atoms. The molecule has 0 rings (SSSR count). The van der Waals surface area contributed by atoms with Crippen molar-refractivity contribution < 1.29 is 25.8 Å². The fourth-order valence-electron chi connectivity index (χ4n) is 1.61. The van der Waals surface area contributed by atoms with E-state index in [-0.39, 0.29) is 25.8 Å². The van der Waals surface area contributed by atoms with Gasteiger partial charge in [0.25, 0.3) is 0 Å². The summed E-state index contributed by atoms with van der Waals surface area (Å²) in [5, 5.41) is 0. The van der Waals surface area contributed by atoms with Crippen molar-refractivity contribution >= 4 is 0 Å². The molecule has 0 aromatic heterocycles. The van der Waals surface area contributed by atoms with Gasteiger partial charge in [0.1, 0.15) is 0 Å². The van der Waals surface area contributed by atoms with Gasteiger partial charge in [0.05, 0.1) is 0 Å². The van der Waals surface area contributed by atoms with Gasteiger partial charge in [-0.1, -0.05) is 71.1 Å². The normalized spacial score (nSPS) is 9.86. The van der Waals surface area contributed by atoms with Gasteiger partial charge in [0, 0.05) is 25.8 Å². The average Bonchev–Trinajstić information content (AvgIpc) is 2.16. The first-order valence-electron chi connectivity index (χ1n) is 6.06. The molecule has 0 aliphatic rings. The SMILES string of the molecule is CCCCCCCCCCCC[NH-].[Hf]. The maximum atomic E-state index is 7.00. The van der Waals surface area contributed by atoms with Gasteiger partial charge in [-0.2, -0.15) is 6.54 Å². The number of unbranched alkanes of at least 4 members (excludes halogenated alkanes) is 9. The molecule has 0 aromatic rings. The summed E-state index contributed by atoms with van der Waals surface area (Å²) in [6.07, 6.45) is 13.6. The molecule has 0 aliphatic heterocycles. The van der Waals surface area contributed by atoms with Crippen LogP contribution in [0.15, 0.2) is 0 Å². The third kappa shape index (κ3) is 15.3. The average molecular weight is 363 g/mol. The van der Waals surface area contributed by atoms with Crippen molar-refractivity contribution in [3.05, 3.63) is 5.73 Å². The Morgan fingerprint density at radius 3 is 1.36 bits per heavy atom. The molecule has 1 nitrogen and oxygen atoms in total. The number of rotatable bonds is 10. The molecule has 0 radical (unpaired) electrons. The van der Waals surface area contributed by atoms with Crippen molar-refractivity contribution in [2.75, 3.05) is 6.54 Å². The topological polar surface area (TPSA) is 23.8 Å². The molecular weight excluding hydrogens is 337 g/mol. The first kappa shape index (κ1) is 17.2. The van der Waals surface area contributed by atoms with Gasteiger partial charge in [-0.15, -0.1) is 0 Å². The van der Waals surface area contributed by atoms with E-state index in [9.17, 15) is 0 Å². The quantitative estimate of drug-likeness (QED) is 0.387. The van der Waals surface area contributed by atoms with E-state index in [0.29, 0.717) is 6.54 Å². The van der Waals surface area contributed by atoms with Gasteiger partial charge in [-0.25, -0.2) is 0 Å². The summed E-state index contributed by atoms with van der Waals surface area (Å²) in [4.78, 5) is 0. The standard InChI is InChI=1S/C12H26N.Hf/c1-2-3-4-5-6-7-8-9-10-11-12-13;/h13H,2-12H2,1H3;/q-1;. The maximum absolute atomic E-state index is 7.00. The summed E-state index contributed by atoms with van der Waals surface area (Å²) in [6.45, 7) is 2.89. The van der Waals surface area contributed by atoms with Crippen LogP contribution in [0.2, 0.25) is 0 Å². The van der Waals surface area contributed by atoms with Crippen LogP contribution < -0.4 is 0 Å². The number of hydrogen-bond acceptors (Lipinski definition) is 0. The summed E-state index contributed by atoms with van der Waals surface area (Å²) in [6, 6.07) is 0. The number of hydrogen-bond donors (Lipinski definition) is 0. The molecule has 0 aliphatic carbocycles. The van der Waals surface area contributed by atoms with E-state index in [1.165, 1.54) is 57.8 Å². The van der Waals surface area contributed by atoms with Crippen molar-refractivity contribution in [3.8, 4) is 0 Å². The van der Waals surface area contributed by atoms with Crippen molar-refractivity contribution in [1.29, 1.82) is 0 Å². The van der Waals surface area contributed by atoms with Gasteiger partial charge in [0.2, 0.25) is 0 Å². The summed E-state index contributed by atoms with van der Waals surface area (Å²) >= 11 is 0. The Labute approximate surface area is 109 Å². The Bertz CT molecular complexity index is 76.4. The second kappa shape index (κ2) is 16.3. The van der Waals surface area contributed by atoms with Crippen molar-refractivity contribution in [1.82, 2.24) is 0 Å². The Kier molecular flexibility index (Phi) is 20.0. The molecule has 0 amide bonds. The fourth-order valence-corrected chi connectivity index (χ4v) is 1.61. The van der Waals surface area contributed by atoms with Crippen LogP contribution in [0.1, 0.15) is 71.1 Å². The van der Waals surface area contributed by atoms with Crippen molar-refractivity contribution in [2.24, 2.45) is 0 Å². The molecule has 0 fully saturated rings. The second-order valence-electron chi connectivity index (χ2n) is 3.93. The largest absolute Gasteiger partial charge is 0.677 e. The van der Waals surface area contributed by atoms with Crippen LogP contribution in [0.25, 0.3) is 5.73 Å². The zero-order valence-electron chi connectivity index (χ0n) is 9.78. The molecule has 0 aromatic carbocycles. The summed E-state index contributed by atoms with van der Waals surface area (Å²) < 4.78 is 0. The van der Waals surface area contributed by atoms with Crippen LogP contribution in [0.5, 0.6) is 0 Å². The second-order valence-corrected chi connectivity index (χ2v) is 3.93. The van der Waals surface area contributed by atoms with E-state index in [0.717, 1.165) is 6.42 Å². The van der Waals surface area contributed by atoms with E-state index in [2.05, 4.69) is 6.92 Å². The van der Waals surface area contributed by atoms with Crippen LogP contribution in [0, 0.1) is 0 Å². The molecular formula is C12H26HfN-. The fraction of sp³-hybridized carbons (Fsp3) is 1.00. The zero-order valence-corrected chi connectivity index (χ0v) is 13.4. The van der Waals surface area contributed by atoms with Crippen molar-refractivity contribution in [3.63, 3.8) is 0 Å². The van der Waals surface area contributed by atoms with E-state index >= 15 is 0 Å². The molecule has 0 unspecified atom stereocenters. The van der Waals surface area contributed by atoms with E-state index in [1.54, 1.807) is 0 Å². The minimum absolute atomic E-state index is 0. The molecule has 84 valence electrons. The van der Waals surface area contributed by atoms with Crippen LogP contribution in [-0.2, 0) is 25.8 Å². The first-order valence-corrected chi connectivity index (χ1v) is 6.06. The summed E-state index contributed by atoms with van der Waals surface area (Å²) in [5.41, 5.74) is 7.00. The van der Waals surface area contributed by atoms with Gasteiger partial charge in [-0.3, -0.25) is 0 Å². The molecule has 2 heteroatoms. The predicted octanol–water partition coefficient (Wildman–Crippen LogP) is 4.96. The molecule has 14 heavy (non-hydrogen) atoms. The minimum Gasteiger partial charge on any atom is -0.677 e.